The Morgan fingerprint density at radius 3 is 2.30 bits per heavy atom. The molecule has 0 bridgehead atoms. The molecule has 2 atom stereocenters. The summed E-state index contributed by atoms with van der Waals surface area (Å²) in [6, 6.07) is 8.04. The van der Waals surface area contributed by atoms with Crippen molar-refractivity contribution in [3.8, 4) is 0 Å². The van der Waals surface area contributed by atoms with E-state index in [2.05, 4.69) is 4.99 Å². The topological polar surface area (TPSA) is 90.2 Å². The molecule has 6 nitrogen and oxygen atoms in total. The third kappa shape index (κ3) is 3.17. The fourth-order valence-corrected chi connectivity index (χ4v) is 4.98. The van der Waals surface area contributed by atoms with Crippen LogP contribution in [0.4, 0.5) is 0 Å². The van der Waals surface area contributed by atoms with Crippen LogP contribution in [0.3, 0.4) is 0 Å². The number of benzene rings is 1. The first-order valence-electron chi connectivity index (χ1n) is 7.30. The molecule has 1 aliphatic rings. The highest BCUT2D eigenvalue weighted by molar-refractivity contribution is 8.24. The molecular weight excluding hydrogens is 316 g/mol. The third-order valence-corrected chi connectivity index (χ3v) is 5.87. The highest BCUT2D eigenvalue weighted by Crippen LogP contribution is 2.64. The van der Waals surface area contributed by atoms with Gasteiger partial charge in [-0.25, -0.2) is 4.31 Å². The van der Waals surface area contributed by atoms with Gasteiger partial charge in [-0.1, -0.05) is 30.3 Å². The zero-order valence-corrected chi connectivity index (χ0v) is 14.4. The minimum Gasteiger partial charge on any atom is -0.301 e. The molecule has 0 radical (unpaired) electrons. The van der Waals surface area contributed by atoms with Crippen molar-refractivity contribution in [2.75, 3.05) is 0 Å². The first-order chi connectivity index (χ1) is 10.6. The number of amides is 1. The summed E-state index contributed by atoms with van der Waals surface area (Å²) in [4.78, 5) is 27.9. The fourth-order valence-electron chi connectivity index (χ4n) is 2.64. The van der Waals surface area contributed by atoms with Crippen molar-refractivity contribution in [3.05, 3.63) is 35.9 Å². The Bertz CT molecular complexity index is 637. The van der Waals surface area contributed by atoms with Crippen molar-refractivity contribution in [3.63, 3.8) is 0 Å². The number of hydrogen-bond donors (Lipinski definition) is 2. The van der Waals surface area contributed by atoms with E-state index in [1.807, 2.05) is 0 Å². The van der Waals surface area contributed by atoms with E-state index in [0.717, 1.165) is 4.31 Å². The van der Waals surface area contributed by atoms with E-state index in [1.54, 1.807) is 58.0 Å². The van der Waals surface area contributed by atoms with Gasteiger partial charge >= 0.3 is 0 Å². The zero-order valence-electron chi connectivity index (χ0n) is 13.6. The number of hydrogen-bond acceptors (Lipinski definition) is 5. The molecular formula is C16H22N2O4S. The predicted molar refractivity (Wildman–Crippen MR) is 91.6 cm³/mol. The Labute approximate surface area is 137 Å². The van der Waals surface area contributed by atoms with Crippen molar-refractivity contribution in [2.24, 2.45) is 4.99 Å². The van der Waals surface area contributed by atoms with Gasteiger partial charge in [-0.15, -0.1) is 10.8 Å². The number of carbonyl (C=O) groups is 2. The molecule has 1 saturated heterocycles. The van der Waals surface area contributed by atoms with E-state index in [0.29, 0.717) is 11.8 Å². The summed E-state index contributed by atoms with van der Waals surface area (Å²) in [7, 11) is -3.45. The van der Waals surface area contributed by atoms with Crippen LogP contribution in [0.15, 0.2) is 35.3 Å². The van der Waals surface area contributed by atoms with E-state index >= 15 is 0 Å². The fraction of sp³-hybridized carbons (Fsp3) is 0.438. The molecule has 23 heavy (non-hydrogen) atoms. The summed E-state index contributed by atoms with van der Waals surface area (Å²) in [5.74, 6) is -0.542. The standard InChI is InChI=1S/C16H22N2O4S/c1-11(10-19)17-13-14(12-8-6-5-7-9-12)23(21,22)18(15(13)20)16(2,3)4/h5-11,14,21-22H,1-4H3. The first kappa shape index (κ1) is 17.7. The van der Waals surface area contributed by atoms with E-state index in [1.165, 1.54) is 0 Å². The Morgan fingerprint density at radius 1 is 1.26 bits per heavy atom. The van der Waals surface area contributed by atoms with E-state index in [9.17, 15) is 18.7 Å². The molecule has 2 rings (SSSR count). The van der Waals surface area contributed by atoms with Crippen molar-refractivity contribution in [1.82, 2.24) is 4.31 Å². The lowest BCUT2D eigenvalue weighted by Gasteiger charge is -2.46. The summed E-state index contributed by atoms with van der Waals surface area (Å²) < 4.78 is 22.7. The van der Waals surface area contributed by atoms with E-state index in [4.69, 9.17) is 0 Å². The number of rotatable bonds is 3. The minimum absolute atomic E-state index is 0.0192. The van der Waals surface area contributed by atoms with Gasteiger partial charge in [-0.3, -0.25) is 18.9 Å². The van der Waals surface area contributed by atoms with Crippen LogP contribution in [0.5, 0.6) is 0 Å². The molecule has 1 aliphatic heterocycles. The van der Waals surface area contributed by atoms with Crippen molar-refractivity contribution < 1.29 is 18.7 Å². The predicted octanol–water partition coefficient (Wildman–Crippen LogP) is 3.06. The number of aldehydes is 1. The lowest BCUT2D eigenvalue weighted by atomic mass is 10.0. The average Bonchev–Trinajstić information content (AvgIpc) is 2.65. The van der Waals surface area contributed by atoms with Gasteiger partial charge in [0.1, 0.15) is 23.3 Å². The SMILES string of the molecule is CC(C=O)N=C1C(=O)N(C(C)(C)C)S(O)(O)C1c1ccccc1. The highest BCUT2D eigenvalue weighted by atomic mass is 32.3. The van der Waals surface area contributed by atoms with Crippen LogP contribution in [0.25, 0.3) is 0 Å². The lowest BCUT2D eigenvalue weighted by molar-refractivity contribution is -0.122. The molecule has 0 aliphatic carbocycles. The van der Waals surface area contributed by atoms with Gasteiger partial charge in [-0.2, -0.15) is 0 Å². The lowest BCUT2D eigenvalue weighted by Crippen LogP contribution is -2.44. The van der Waals surface area contributed by atoms with Crippen LogP contribution < -0.4 is 0 Å². The molecule has 0 aromatic heterocycles. The smallest absolute Gasteiger partial charge is 0.288 e. The Hall–Kier alpha value is -1.70. The highest BCUT2D eigenvalue weighted by Gasteiger charge is 2.54. The maximum Gasteiger partial charge on any atom is 0.288 e. The molecule has 1 amide bonds. The van der Waals surface area contributed by atoms with E-state index < -0.39 is 33.5 Å². The zero-order chi connectivity index (χ0) is 17.4. The van der Waals surface area contributed by atoms with Crippen LogP contribution in [0.1, 0.15) is 38.5 Å². The molecule has 0 saturated carbocycles. The first-order valence-corrected chi connectivity index (χ1v) is 8.87. The van der Waals surface area contributed by atoms with Gasteiger partial charge in [0.05, 0.1) is 5.54 Å². The number of aliphatic imine (C=N–C) groups is 1. The minimum atomic E-state index is -3.45. The average molecular weight is 338 g/mol. The normalized spacial score (nSPS) is 25.5. The van der Waals surface area contributed by atoms with E-state index in [-0.39, 0.29) is 5.71 Å². The quantitative estimate of drug-likeness (QED) is 0.829. The Balaban J connectivity index is 2.65. The van der Waals surface area contributed by atoms with Gasteiger partial charge in [0.2, 0.25) is 0 Å². The van der Waals surface area contributed by atoms with Crippen molar-refractivity contribution in [2.45, 2.75) is 44.5 Å². The van der Waals surface area contributed by atoms with Crippen LogP contribution >= 0.6 is 10.8 Å². The maximum absolute atomic E-state index is 12.8. The molecule has 2 N–H and O–H groups in total. The second kappa shape index (κ2) is 6.07. The Morgan fingerprint density at radius 2 is 1.83 bits per heavy atom. The summed E-state index contributed by atoms with van der Waals surface area (Å²) >= 11 is 0. The molecule has 0 spiro atoms. The molecule has 1 heterocycles. The number of carbonyl (C=O) groups excluding carboxylic acids is 2. The molecule has 126 valence electrons. The Kier molecular flexibility index (Phi) is 4.66. The van der Waals surface area contributed by atoms with Gasteiger partial charge in [-0.05, 0) is 33.3 Å². The summed E-state index contributed by atoms with van der Waals surface area (Å²) in [6.07, 6.45) is 0.619. The largest absolute Gasteiger partial charge is 0.301 e. The monoisotopic (exact) mass is 338 g/mol. The van der Waals surface area contributed by atoms with Crippen LogP contribution in [0.2, 0.25) is 0 Å². The summed E-state index contributed by atoms with van der Waals surface area (Å²) in [5, 5.41) is -0.960. The number of nitrogens with zero attached hydrogens (tertiary/aromatic N) is 2. The molecule has 1 aromatic carbocycles. The van der Waals surface area contributed by atoms with Gasteiger partial charge in [0.15, 0.2) is 0 Å². The molecule has 2 unspecified atom stereocenters. The summed E-state index contributed by atoms with van der Waals surface area (Å²) in [6.45, 7) is 6.74. The second-order valence-corrected chi connectivity index (χ2v) is 8.47. The maximum atomic E-state index is 12.8. The van der Waals surface area contributed by atoms with Crippen LogP contribution in [-0.4, -0.2) is 42.9 Å². The summed E-state index contributed by atoms with van der Waals surface area (Å²) in [5.41, 5.74) is -0.180. The second-order valence-electron chi connectivity index (χ2n) is 6.51. The molecule has 7 heteroatoms. The van der Waals surface area contributed by atoms with Crippen molar-refractivity contribution >= 4 is 28.7 Å². The van der Waals surface area contributed by atoms with Gasteiger partial charge in [0.25, 0.3) is 5.91 Å². The van der Waals surface area contributed by atoms with Crippen molar-refractivity contribution in [1.29, 1.82) is 0 Å². The van der Waals surface area contributed by atoms with Gasteiger partial charge < -0.3 is 4.79 Å². The van der Waals surface area contributed by atoms with Crippen LogP contribution in [0, 0.1) is 0 Å². The van der Waals surface area contributed by atoms with Crippen LogP contribution in [-0.2, 0) is 9.59 Å². The van der Waals surface area contributed by atoms with Gasteiger partial charge in [0, 0.05) is 0 Å². The molecule has 1 fully saturated rings. The third-order valence-electron chi connectivity index (χ3n) is 3.49. The molecule has 1 aromatic rings.